The van der Waals surface area contributed by atoms with Gasteiger partial charge in [-0.2, -0.15) is 0 Å². The molecule has 3 aromatic rings. The van der Waals surface area contributed by atoms with Crippen LogP contribution in [0.5, 0.6) is 17.2 Å². The minimum atomic E-state index is -0.296. The summed E-state index contributed by atoms with van der Waals surface area (Å²) in [6, 6.07) is 8.51. The fourth-order valence-corrected chi connectivity index (χ4v) is 3.25. The number of phenols is 2. The first-order valence-corrected chi connectivity index (χ1v) is 9.16. The highest BCUT2D eigenvalue weighted by Gasteiger charge is 2.20. The van der Waals surface area contributed by atoms with Gasteiger partial charge in [0.2, 0.25) is 0 Å². The van der Waals surface area contributed by atoms with Crippen LogP contribution in [-0.4, -0.2) is 41.1 Å². The van der Waals surface area contributed by atoms with Gasteiger partial charge in [-0.1, -0.05) is 13.0 Å². The van der Waals surface area contributed by atoms with Gasteiger partial charge in [-0.25, -0.2) is 0 Å². The molecule has 0 atom stereocenters. The number of hydrogen-bond donors (Lipinski definition) is 4. The molecule has 2 aromatic carbocycles. The highest BCUT2D eigenvalue weighted by molar-refractivity contribution is 5.85. The molecule has 28 heavy (non-hydrogen) atoms. The molecule has 0 saturated heterocycles. The van der Waals surface area contributed by atoms with Gasteiger partial charge < -0.3 is 19.8 Å². The Bertz CT molecular complexity index is 1050. The molecule has 0 fully saturated rings. The predicted octanol–water partition coefficient (Wildman–Crippen LogP) is 3.48. The summed E-state index contributed by atoms with van der Waals surface area (Å²) in [6.07, 6.45) is 0.594. The SMILES string of the molecule is CCc1cc(-c2[nH][nH]c(=O)c2-c2ccc(OC)c(N(C)CC)c2)c(O)cc1O. The van der Waals surface area contributed by atoms with Crippen LogP contribution in [0.3, 0.4) is 0 Å². The van der Waals surface area contributed by atoms with E-state index in [0.717, 1.165) is 12.2 Å². The maximum absolute atomic E-state index is 12.6. The van der Waals surface area contributed by atoms with Gasteiger partial charge in [-0.3, -0.25) is 15.0 Å². The second-order valence-electron chi connectivity index (χ2n) is 6.58. The largest absolute Gasteiger partial charge is 0.508 e. The average Bonchev–Trinajstić information content (AvgIpc) is 3.08. The second-order valence-corrected chi connectivity index (χ2v) is 6.58. The van der Waals surface area contributed by atoms with E-state index in [9.17, 15) is 15.0 Å². The Kier molecular flexibility index (Phi) is 5.35. The lowest BCUT2D eigenvalue weighted by Crippen LogP contribution is -2.16. The third-order valence-corrected chi connectivity index (χ3v) is 4.98. The molecule has 1 heterocycles. The van der Waals surface area contributed by atoms with Crippen molar-refractivity contribution in [1.29, 1.82) is 0 Å². The van der Waals surface area contributed by atoms with Crippen LogP contribution in [0, 0.1) is 0 Å². The zero-order chi connectivity index (χ0) is 20.4. The van der Waals surface area contributed by atoms with Crippen molar-refractivity contribution in [2.24, 2.45) is 0 Å². The highest BCUT2D eigenvalue weighted by atomic mass is 16.5. The quantitative estimate of drug-likeness (QED) is 0.522. The third-order valence-electron chi connectivity index (χ3n) is 4.98. The zero-order valence-electron chi connectivity index (χ0n) is 16.5. The van der Waals surface area contributed by atoms with Crippen molar-refractivity contribution in [2.75, 3.05) is 25.6 Å². The van der Waals surface area contributed by atoms with Crippen molar-refractivity contribution < 1.29 is 14.9 Å². The summed E-state index contributed by atoms with van der Waals surface area (Å²) in [5, 5.41) is 25.8. The number of ether oxygens (including phenoxy) is 1. The van der Waals surface area contributed by atoms with Crippen molar-refractivity contribution in [1.82, 2.24) is 10.2 Å². The average molecular weight is 383 g/mol. The first kappa shape index (κ1) is 19.4. The number of methoxy groups -OCH3 is 1. The van der Waals surface area contributed by atoms with E-state index in [4.69, 9.17) is 4.74 Å². The molecule has 4 N–H and O–H groups in total. The molecule has 0 bridgehead atoms. The molecule has 0 spiro atoms. The normalized spacial score (nSPS) is 10.9. The van der Waals surface area contributed by atoms with Gasteiger partial charge in [-0.15, -0.1) is 0 Å². The summed E-state index contributed by atoms with van der Waals surface area (Å²) in [6.45, 7) is 4.71. The predicted molar refractivity (Wildman–Crippen MR) is 110 cm³/mol. The molecule has 0 unspecified atom stereocenters. The van der Waals surface area contributed by atoms with Gasteiger partial charge in [-0.05, 0) is 42.7 Å². The van der Waals surface area contributed by atoms with E-state index in [1.807, 2.05) is 44.0 Å². The summed E-state index contributed by atoms with van der Waals surface area (Å²) >= 11 is 0. The Morgan fingerprint density at radius 3 is 2.46 bits per heavy atom. The Morgan fingerprint density at radius 2 is 1.82 bits per heavy atom. The lowest BCUT2D eigenvalue weighted by Gasteiger charge is -2.20. The van der Waals surface area contributed by atoms with E-state index in [0.29, 0.717) is 40.1 Å². The third kappa shape index (κ3) is 3.31. The van der Waals surface area contributed by atoms with Gasteiger partial charge in [0, 0.05) is 25.2 Å². The Balaban J connectivity index is 2.22. The monoisotopic (exact) mass is 383 g/mol. The number of aryl methyl sites for hydroxylation is 1. The summed E-state index contributed by atoms with van der Waals surface area (Å²) in [5.41, 5.74) is 3.27. The number of H-pyrrole nitrogens is 2. The smallest absolute Gasteiger partial charge is 0.272 e. The molecule has 0 aliphatic rings. The molecular formula is C21H25N3O4. The van der Waals surface area contributed by atoms with Gasteiger partial charge in [0.1, 0.15) is 17.2 Å². The number of aromatic hydroxyl groups is 2. The lowest BCUT2D eigenvalue weighted by molar-refractivity contribution is 0.415. The van der Waals surface area contributed by atoms with Crippen molar-refractivity contribution in [3.8, 4) is 39.6 Å². The molecule has 0 saturated carbocycles. The van der Waals surface area contributed by atoms with Crippen LogP contribution in [0.25, 0.3) is 22.4 Å². The standard InChI is InChI=1S/C21H25N3O4/c1-5-12-9-14(17(26)11-16(12)25)20-19(21(27)23-22-20)13-7-8-18(28-4)15(10-13)24(3)6-2/h7-11,25-26H,5-6H2,1-4H3,(H2,22,23,27). The first-order chi connectivity index (χ1) is 13.4. The van der Waals surface area contributed by atoms with Gasteiger partial charge in [0.25, 0.3) is 5.56 Å². The summed E-state index contributed by atoms with van der Waals surface area (Å²) in [5.74, 6) is 0.632. The number of rotatable bonds is 6. The minimum absolute atomic E-state index is 0.0273. The van der Waals surface area contributed by atoms with Crippen molar-refractivity contribution in [2.45, 2.75) is 20.3 Å². The Hall–Kier alpha value is -3.35. The molecule has 148 valence electrons. The number of hydrogen-bond acceptors (Lipinski definition) is 5. The molecule has 0 amide bonds. The summed E-state index contributed by atoms with van der Waals surface area (Å²) in [4.78, 5) is 14.6. The molecular weight excluding hydrogens is 358 g/mol. The van der Waals surface area contributed by atoms with E-state index in [-0.39, 0.29) is 17.1 Å². The van der Waals surface area contributed by atoms with Crippen LogP contribution >= 0.6 is 0 Å². The van der Waals surface area contributed by atoms with Gasteiger partial charge >= 0.3 is 0 Å². The molecule has 0 aliphatic heterocycles. The van der Waals surface area contributed by atoms with Crippen molar-refractivity contribution in [3.05, 3.63) is 46.2 Å². The Labute approximate surface area is 163 Å². The highest BCUT2D eigenvalue weighted by Crippen LogP contribution is 2.39. The number of anilines is 1. The maximum atomic E-state index is 12.6. The number of aromatic amines is 2. The molecule has 7 heteroatoms. The topological polar surface area (TPSA) is 102 Å². The van der Waals surface area contributed by atoms with Crippen LogP contribution in [0.1, 0.15) is 19.4 Å². The van der Waals surface area contributed by atoms with Crippen LogP contribution in [0.15, 0.2) is 35.1 Å². The van der Waals surface area contributed by atoms with E-state index in [1.54, 1.807) is 13.2 Å². The zero-order valence-corrected chi connectivity index (χ0v) is 16.5. The minimum Gasteiger partial charge on any atom is -0.508 e. The van der Waals surface area contributed by atoms with Crippen molar-refractivity contribution >= 4 is 5.69 Å². The number of phenolic OH excluding ortho intramolecular Hbond substituents is 2. The molecule has 7 nitrogen and oxygen atoms in total. The number of aromatic nitrogens is 2. The van der Waals surface area contributed by atoms with E-state index < -0.39 is 0 Å². The first-order valence-electron chi connectivity index (χ1n) is 9.16. The fraction of sp³-hybridized carbons (Fsp3) is 0.286. The molecule has 0 radical (unpaired) electrons. The fourth-order valence-electron chi connectivity index (χ4n) is 3.25. The van der Waals surface area contributed by atoms with E-state index in [1.165, 1.54) is 6.07 Å². The van der Waals surface area contributed by atoms with Crippen LogP contribution in [0.4, 0.5) is 5.69 Å². The molecule has 3 rings (SSSR count). The summed E-state index contributed by atoms with van der Waals surface area (Å²) < 4.78 is 5.45. The van der Waals surface area contributed by atoms with Crippen molar-refractivity contribution in [3.63, 3.8) is 0 Å². The van der Waals surface area contributed by atoms with Gasteiger partial charge in [0.05, 0.1) is 24.1 Å². The maximum Gasteiger partial charge on any atom is 0.272 e. The van der Waals surface area contributed by atoms with Crippen LogP contribution in [0.2, 0.25) is 0 Å². The van der Waals surface area contributed by atoms with Crippen LogP contribution < -0.4 is 15.2 Å². The Morgan fingerprint density at radius 1 is 1.07 bits per heavy atom. The second kappa shape index (κ2) is 7.72. The van der Waals surface area contributed by atoms with E-state index >= 15 is 0 Å². The van der Waals surface area contributed by atoms with Gasteiger partial charge in [0.15, 0.2) is 0 Å². The number of nitrogens with one attached hydrogen (secondary N) is 2. The van der Waals surface area contributed by atoms with Crippen LogP contribution in [-0.2, 0) is 6.42 Å². The number of benzene rings is 2. The summed E-state index contributed by atoms with van der Waals surface area (Å²) in [7, 11) is 3.56. The lowest BCUT2D eigenvalue weighted by atomic mass is 9.97. The number of nitrogens with zero attached hydrogens (tertiary/aromatic N) is 1. The van der Waals surface area contributed by atoms with E-state index in [2.05, 4.69) is 10.2 Å². The molecule has 1 aromatic heterocycles. The molecule has 0 aliphatic carbocycles.